The molecule has 0 radical (unpaired) electrons. The lowest BCUT2D eigenvalue weighted by atomic mass is 10.2. The van der Waals surface area contributed by atoms with Gasteiger partial charge in [-0.25, -0.2) is 0 Å². The van der Waals surface area contributed by atoms with Gasteiger partial charge in [-0.2, -0.15) is 5.26 Å². The van der Waals surface area contributed by atoms with E-state index in [0.717, 1.165) is 25.2 Å². The van der Waals surface area contributed by atoms with Crippen LogP contribution in [0.3, 0.4) is 0 Å². The van der Waals surface area contributed by atoms with Gasteiger partial charge in [0.1, 0.15) is 0 Å². The molecule has 2 rings (SSSR count). The summed E-state index contributed by atoms with van der Waals surface area (Å²) in [5.41, 5.74) is 7.87. The average Bonchev–Trinajstić information content (AvgIpc) is 2.89. The van der Waals surface area contributed by atoms with Crippen LogP contribution in [-0.2, 0) is 6.54 Å². The largest absolute Gasteiger partial charge is 0.397 e. The summed E-state index contributed by atoms with van der Waals surface area (Å²) in [7, 11) is 0. The molecule has 0 aliphatic carbocycles. The lowest BCUT2D eigenvalue weighted by Gasteiger charge is -2.09. The van der Waals surface area contributed by atoms with Crippen LogP contribution in [0.2, 0.25) is 0 Å². The highest BCUT2D eigenvalue weighted by molar-refractivity contribution is 5.68. The van der Waals surface area contributed by atoms with E-state index in [1.807, 2.05) is 6.20 Å². The highest BCUT2D eigenvalue weighted by atomic mass is 15.4. The minimum absolute atomic E-state index is 0.600. The Labute approximate surface area is 105 Å². The Morgan fingerprint density at radius 1 is 1.44 bits per heavy atom. The van der Waals surface area contributed by atoms with Crippen LogP contribution in [-0.4, -0.2) is 21.5 Å². The van der Waals surface area contributed by atoms with Gasteiger partial charge in [0.2, 0.25) is 0 Å². The molecule has 0 amide bonds. The monoisotopic (exact) mass is 242 g/mol. The van der Waals surface area contributed by atoms with Crippen molar-refractivity contribution in [3.05, 3.63) is 36.2 Å². The van der Waals surface area contributed by atoms with Crippen LogP contribution in [0.1, 0.15) is 12.0 Å². The Morgan fingerprint density at radius 2 is 2.33 bits per heavy atom. The van der Waals surface area contributed by atoms with E-state index in [9.17, 15) is 0 Å². The van der Waals surface area contributed by atoms with E-state index in [4.69, 9.17) is 11.0 Å². The van der Waals surface area contributed by atoms with Crippen molar-refractivity contribution in [3.63, 3.8) is 0 Å². The molecular formula is C12H14N6. The lowest BCUT2D eigenvalue weighted by molar-refractivity contribution is 0.570. The maximum Gasteiger partial charge on any atom is 0.0992 e. The summed E-state index contributed by atoms with van der Waals surface area (Å²) >= 11 is 0. The molecule has 3 N–H and O–H groups in total. The molecule has 2 aromatic rings. The van der Waals surface area contributed by atoms with Crippen molar-refractivity contribution in [3.8, 4) is 6.07 Å². The van der Waals surface area contributed by atoms with Crippen molar-refractivity contribution in [2.24, 2.45) is 0 Å². The molecule has 0 bridgehead atoms. The van der Waals surface area contributed by atoms with Gasteiger partial charge in [-0.05, 0) is 24.6 Å². The van der Waals surface area contributed by atoms with Gasteiger partial charge >= 0.3 is 0 Å². The summed E-state index contributed by atoms with van der Waals surface area (Å²) in [6.45, 7) is 1.56. The zero-order chi connectivity index (χ0) is 12.8. The summed E-state index contributed by atoms with van der Waals surface area (Å²) in [6.07, 6.45) is 4.38. The van der Waals surface area contributed by atoms with Crippen LogP contribution in [0.25, 0.3) is 0 Å². The number of nitrogens with one attached hydrogen (secondary N) is 1. The molecule has 1 aromatic carbocycles. The van der Waals surface area contributed by atoms with E-state index in [-0.39, 0.29) is 0 Å². The van der Waals surface area contributed by atoms with E-state index in [0.29, 0.717) is 11.3 Å². The lowest BCUT2D eigenvalue weighted by Crippen LogP contribution is -2.08. The first kappa shape index (κ1) is 11.9. The van der Waals surface area contributed by atoms with Crippen LogP contribution < -0.4 is 11.1 Å². The van der Waals surface area contributed by atoms with Gasteiger partial charge in [0.25, 0.3) is 0 Å². The summed E-state index contributed by atoms with van der Waals surface area (Å²) in [4.78, 5) is 0. The van der Waals surface area contributed by atoms with E-state index < -0.39 is 0 Å². The molecule has 0 fully saturated rings. The summed E-state index contributed by atoms with van der Waals surface area (Å²) in [5, 5.41) is 19.6. The topological polar surface area (TPSA) is 92.6 Å². The van der Waals surface area contributed by atoms with Crippen molar-refractivity contribution in [1.29, 1.82) is 5.26 Å². The predicted octanol–water partition coefficient (Wildman–Crippen LogP) is 1.23. The van der Waals surface area contributed by atoms with Gasteiger partial charge in [-0.3, -0.25) is 4.68 Å². The molecule has 0 aliphatic rings. The molecule has 0 spiro atoms. The fourth-order valence-corrected chi connectivity index (χ4v) is 1.60. The van der Waals surface area contributed by atoms with Gasteiger partial charge in [-0.15, -0.1) is 5.10 Å². The van der Waals surface area contributed by atoms with Gasteiger partial charge < -0.3 is 11.1 Å². The minimum Gasteiger partial charge on any atom is -0.397 e. The van der Waals surface area contributed by atoms with Crippen molar-refractivity contribution < 1.29 is 0 Å². The van der Waals surface area contributed by atoms with Gasteiger partial charge in [0, 0.05) is 19.3 Å². The van der Waals surface area contributed by atoms with Gasteiger partial charge in [0.05, 0.1) is 29.2 Å². The Balaban J connectivity index is 1.85. The number of hydrogen-bond acceptors (Lipinski definition) is 5. The smallest absolute Gasteiger partial charge is 0.0992 e. The van der Waals surface area contributed by atoms with Crippen LogP contribution in [0.5, 0.6) is 0 Å². The molecule has 18 heavy (non-hydrogen) atoms. The van der Waals surface area contributed by atoms with Crippen molar-refractivity contribution in [2.45, 2.75) is 13.0 Å². The highest BCUT2D eigenvalue weighted by Gasteiger charge is 2.00. The molecule has 6 heteroatoms. The van der Waals surface area contributed by atoms with E-state index in [2.05, 4.69) is 21.7 Å². The SMILES string of the molecule is N#Cc1ccc(N)c(NCCCn2ccnn2)c1. The summed E-state index contributed by atoms with van der Waals surface area (Å²) in [6, 6.07) is 7.28. The first-order chi connectivity index (χ1) is 8.79. The first-order valence-electron chi connectivity index (χ1n) is 5.67. The molecule has 0 saturated heterocycles. The van der Waals surface area contributed by atoms with E-state index in [1.165, 1.54) is 0 Å². The molecule has 1 heterocycles. The fourth-order valence-electron chi connectivity index (χ4n) is 1.60. The maximum atomic E-state index is 8.81. The van der Waals surface area contributed by atoms with E-state index in [1.54, 1.807) is 29.1 Å². The quantitative estimate of drug-likeness (QED) is 0.607. The number of nitrogen functional groups attached to an aromatic ring is 1. The standard InChI is InChI=1S/C12H14N6/c13-9-10-2-3-11(14)12(8-10)15-4-1-6-18-7-5-16-17-18/h2-3,5,7-8,15H,1,4,6,14H2. The number of hydrogen-bond donors (Lipinski definition) is 2. The Bertz CT molecular complexity index is 540. The normalized spacial score (nSPS) is 9.94. The molecule has 6 nitrogen and oxygen atoms in total. The number of rotatable bonds is 5. The Hall–Kier alpha value is -2.55. The Kier molecular flexibility index (Phi) is 3.76. The van der Waals surface area contributed by atoms with Crippen LogP contribution in [0, 0.1) is 11.3 Å². The maximum absolute atomic E-state index is 8.81. The molecule has 0 saturated carbocycles. The zero-order valence-corrected chi connectivity index (χ0v) is 9.87. The average molecular weight is 242 g/mol. The molecule has 0 unspecified atom stereocenters. The number of aryl methyl sites for hydroxylation is 1. The van der Waals surface area contributed by atoms with Gasteiger partial charge in [0.15, 0.2) is 0 Å². The number of nitrogens with zero attached hydrogens (tertiary/aromatic N) is 4. The third-order valence-corrected chi connectivity index (χ3v) is 2.53. The number of benzene rings is 1. The molecular weight excluding hydrogens is 228 g/mol. The first-order valence-corrected chi connectivity index (χ1v) is 5.67. The van der Waals surface area contributed by atoms with Crippen LogP contribution >= 0.6 is 0 Å². The number of nitrogens with two attached hydrogens (primary N) is 1. The predicted molar refractivity (Wildman–Crippen MR) is 68.7 cm³/mol. The van der Waals surface area contributed by atoms with Crippen molar-refractivity contribution in [2.75, 3.05) is 17.6 Å². The molecule has 92 valence electrons. The number of aromatic nitrogens is 3. The number of anilines is 2. The third kappa shape index (κ3) is 2.98. The Morgan fingerprint density at radius 3 is 3.06 bits per heavy atom. The minimum atomic E-state index is 0.600. The van der Waals surface area contributed by atoms with Crippen molar-refractivity contribution in [1.82, 2.24) is 15.0 Å². The van der Waals surface area contributed by atoms with Crippen LogP contribution in [0.4, 0.5) is 11.4 Å². The van der Waals surface area contributed by atoms with Crippen molar-refractivity contribution >= 4 is 11.4 Å². The summed E-state index contributed by atoms with van der Waals surface area (Å²) in [5.74, 6) is 0. The fraction of sp³-hybridized carbons (Fsp3) is 0.250. The number of nitriles is 1. The molecule has 1 aromatic heterocycles. The van der Waals surface area contributed by atoms with Crippen LogP contribution in [0.15, 0.2) is 30.6 Å². The molecule has 0 aliphatic heterocycles. The van der Waals surface area contributed by atoms with Gasteiger partial charge in [-0.1, -0.05) is 5.21 Å². The van der Waals surface area contributed by atoms with E-state index >= 15 is 0 Å². The second kappa shape index (κ2) is 5.68. The second-order valence-corrected chi connectivity index (χ2v) is 3.86. The zero-order valence-electron chi connectivity index (χ0n) is 9.87. The second-order valence-electron chi connectivity index (χ2n) is 3.86. The highest BCUT2D eigenvalue weighted by Crippen LogP contribution is 2.19. The third-order valence-electron chi connectivity index (χ3n) is 2.53. The molecule has 0 atom stereocenters. The summed E-state index contributed by atoms with van der Waals surface area (Å²) < 4.78 is 1.77.